The molecular weight excluding hydrogens is 238 g/mol. The van der Waals surface area contributed by atoms with Crippen molar-refractivity contribution in [1.82, 2.24) is 14.7 Å². The first-order valence-electron chi connectivity index (χ1n) is 6.40. The summed E-state index contributed by atoms with van der Waals surface area (Å²) in [7, 11) is 0. The van der Waals surface area contributed by atoms with Crippen molar-refractivity contribution in [3.05, 3.63) is 60.1 Å². The van der Waals surface area contributed by atoms with Gasteiger partial charge in [0.15, 0.2) is 0 Å². The van der Waals surface area contributed by atoms with E-state index in [1.807, 2.05) is 28.8 Å². The molecule has 0 saturated heterocycles. The van der Waals surface area contributed by atoms with Gasteiger partial charge >= 0.3 is 0 Å². The lowest BCUT2D eigenvalue weighted by Crippen LogP contribution is -2.25. The molecule has 2 aromatic heterocycles. The molecule has 0 bridgehead atoms. The SMILES string of the molecule is O=C(NCC1=CCCC=C1)c1cn2ccccc2n1. The van der Waals surface area contributed by atoms with Crippen molar-refractivity contribution < 1.29 is 4.79 Å². The normalized spacial score (nSPS) is 14.4. The molecule has 0 fully saturated rings. The van der Waals surface area contributed by atoms with Crippen LogP contribution < -0.4 is 5.32 Å². The Labute approximate surface area is 111 Å². The minimum Gasteiger partial charge on any atom is -0.347 e. The maximum Gasteiger partial charge on any atom is 0.271 e. The van der Waals surface area contributed by atoms with Gasteiger partial charge in [-0.1, -0.05) is 24.3 Å². The molecule has 4 heteroatoms. The van der Waals surface area contributed by atoms with E-state index in [1.165, 1.54) is 0 Å². The number of imidazole rings is 1. The van der Waals surface area contributed by atoms with E-state index in [-0.39, 0.29) is 5.91 Å². The molecule has 0 aromatic carbocycles. The second-order valence-corrected chi connectivity index (χ2v) is 4.53. The summed E-state index contributed by atoms with van der Waals surface area (Å²) in [6.07, 6.45) is 12.1. The molecule has 0 atom stereocenters. The topological polar surface area (TPSA) is 46.4 Å². The van der Waals surface area contributed by atoms with Crippen LogP contribution in [0, 0.1) is 0 Å². The minimum absolute atomic E-state index is 0.136. The highest BCUT2D eigenvalue weighted by Crippen LogP contribution is 2.09. The lowest BCUT2D eigenvalue weighted by atomic mass is 10.1. The molecule has 1 amide bonds. The highest BCUT2D eigenvalue weighted by Gasteiger charge is 2.10. The van der Waals surface area contributed by atoms with Crippen molar-refractivity contribution in [2.75, 3.05) is 6.54 Å². The van der Waals surface area contributed by atoms with Gasteiger partial charge < -0.3 is 9.72 Å². The first-order chi connectivity index (χ1) is 9.33. The fourth-order valence-electron chi connectivity index (χ4n) is 2.12. The molecular formula is C15H15N3O. The van der Waals surface area contributed by atoms with Crippen molar-refractivity contribution in [3.63, 3.8) is 0 Å². The fraction of sp³-hybridized carbons (Fsp3) is 0.200. The van der Waals surface area contributed by atoms with Gasteiger partial charge in [0, 0.05) is 18.9 Å². The summed E-state index contributed by atoms with van der Waals surface area (Å²) in [4.78, 5) is 16.3. The van der Waals surface area contributed by atoms with E-state index in [9.17, 15) is 4.79 Å². The molecule has 3 rings (SSSR count). The third-order valence-corrected chi connectivity index (χ3v) is 3.12. The minimum atomic E-state index is -0.136. The molecule has 0 saturated carbocycles. The lowest BCUT2D eigenvalue weighted by Gasteiger charge is -2.07. The summed E-state index contributed by atoms with van der Waals surface area (Å²) in [5, 5.41) is 2.90. The average molecular weight is 253 g/mol. The predicted octanol–water partition coefficient (Wildman–Crippen LogP) is 2.34. The molecule has 0 radical (unpaired) electrons. The summed E-state index contributed by atoms with van der Waals surface area (Å²) >= 11 is 0. The van der Waals surface area contributed by atoms with Crippen molar-refractivity contribution >= 4 is 11.6 Å². The predicted molar refractivity (Wildman–Crippen MR) is 74.0 cm³/mol. The summed E-state index contributed by atoms with van der Waals surface area (Å²) < 4.78 is 1.84. The van der Waals surface area contributed by atoms with Gasteiger partial charge in [-0.25, -0.2) is 4.98 Å². The van der Waals surface area contributed by atoms with E-state index >= 15 is 0 Å². The Bertz CT molecular complexity index is 634. The molecule has 2 aromatic rings. The van der Waals surface area contributed by atoms with Gasteiger partial charge in [0.2, 0.25) is 0 Å². The van der Waals surface area contributed by atoms with E-state index in [1.54, 1.807) is 6.20 Å². The second kappa shape index (κ2) is 5.10. The molecule has 4 nitrogen and oxygen atoms in total. The molecule has 0 aliphatic heterocycles. The Morgan fingerprint density at radius 2 is 2.32 bits per heavy atom. The van der Waals surface area contributed by atoms with Crippen LogP contribution in [-0.2, 0) is 0 Å². The van der Waals surface area contributed by atoms with Crippen LogP contribution >= 0.6 is 0 Å². The van der Waals surface area contributed by atoms with Crippen LogP contribution in [-0.4, -0.2) is 21.8 Å². The maximum atomic E-state index is 12.0. The van der Waals surface area contributed by atoms with Crippen LogP contribution in [0.4, 0.5) is 0 Å². The van der Waals surface area contributed by atoms with Gasteiger partial charge in [0.1, 0.15) is 11.3 Å². The van der Waals surface area contributed by atoms with Crippen molar-refractivity contribution in [3.8, 4) is 0 Å². The monoisotopic (exact) mass is 253 g/mol. The highest BCUT2D eigenvalue weighted by atomic mass is 16.1. The fourth-order valence-corrected chi connectivity index (χ4v) is 2.12. The van der Waals surface area contributed by atoms with Gasteiger partial charge in [-0.3, -0.25) is 4.79 Å². The number of hydrogen-bond donors (Lipinski definition) is 1. The standard InChI is InChI=1S/C15H15N3O/c19-15(16-10-12-6-2-1-3-7-12)13-11-18-9-5-4-8-14(18)17-13/h2,4-9,11H,1,3,10H2,(H,16,19). The number of carbonyl (C=O) groups excluding carboxylic acids is 1. The number of hydrogen-bond acceptors (Lipinski definition) is 2. The van der Waals surface area contributed by atoms with Crippen LogP contribution in [0.15, 0.2) is 54.4 Å². The first-order valence-corrected chi connectivity index (χ1v) is 6.40. The number of rotatable bonds is 3. The third-order valence-electron chi connectivity index (χ3n) is 3.12. The van der Waals surface area contributed by atoms with Crippen LogP contribution in [0.1, 0.15) is 23.3 Å². The van der Waals surface area contributed by atoms with Gasteiger partial charge in [0.05, 0.1) is 0 Å². The largest absolute Gasteiger partial charge is 0.347 e. The number of nitrogens with zero attached hydrogens (tertiary/aromatic N) is 2. The van der Waals surface area contributed by atoms with E-state index < -0.39 is 0 Å². The molecule has 1 N–H and O–H groups in total. The Morgan fingerprint density at radius 1 is 1.37 bits per heavy atom. The zero-order valence-electron chi connectivity index (χ0n) is 10.5. The maximum absolute atomic E-state index is 12.0. The van der Waals surface area contributed by atoms with Gasteiger partial charge in [-0.15, -0.1) is 0 Å². The van der Waals surface area contributed by atoms with Crippen LogP contribution in [0.25, 0.3) is 5.65 Å². The quantitative estimate of drug-likeness (QED) is 0.912. The number of allylic oxidation sites excluding steroid dienone is 2. The van der Waals surface area contributed by atoms with Crippen LogP contribution in [0.2, 0.25) is 0 Å². The van der Waals surface area contributed by atoms with Gasteiger partial charge in [-0.2, -0.15) is 0 Å². The summed E-state index contributed by atoms with van der Waals surface area (Å²) in [6, 6.07) is 5.69. The smallest absolute Gasteiger partial charge is 0.271 e. The number of pyridine rings is 1. The van der Waals surface area contributed by atoms with Crippen LogP contribution in [0.5, 0.6) is 0 Å². The lowest BCUT2D eigenvalue weighted by molar-refractivity contribution is 0.0953. The Hall–Kier alpha value is -2.36. The number of aromatic nitrogens is 2. The Morgan fingerprint density at radius 3 is 3.11 bits per heavy atom. The van der Waals surface area contributed by atoms with Gasteiger partial charge in [0.25, 0.3) is 5.91 Å². The molecule has 1 aliphatic carbocycles. The Balaban J connectivity index is 1.69. The van der Waals surface area contributed by atoms with Crippen molar-refractivity contribution in [2.45, 2.75) is 12.8 Å². The molecule has 19 heavy (non-hydrogen) atoms. The number of fused-ring (bicyclic) bond motifs is 1. The zero-order valence-corrected chi connectivity index (χ0v) is 10.5. The van der Waals surface area contributed by atoms with E-state index in [0.717, 1.165) is 24.1 Å². The van der Waals surface area contributed by atoms with Crippen LogP contribution in [0.3, 0.4) is 0 Å². The number of carbonyl (C=O) groups is 1. The third kappa shape index (κ3) is 2.57. The van der Waals surface area contributed by atoms with E-state index in [4.69, 9.17) is 0 Å². The van der Waals surface area contributed by atoms with E-state index in [2.05, 4.69) is 28.5 Å². The summed E-state index contributed by atoms with van der Waals surface area (Å²) in [5.41, 5.74) is 2.39. The molecule has 1 aliphatic rings. The Kier molecular flexibility index (Phi) is 3.14. The average Bonchev–Trinajstić information content (AvgIpc) is 2.90. The number of amides is 1. The molecule has 0 unspecified atom stereocenters. The molecule has 0 spiro atoms. The highest BCUT2D eigenvalue weighted by molar-refractivity contribution is 5.93. The van der Waals surface area contributed by atoms with Gasteiger partial charge in [-0.05, 0) is 30.5 Å². The van der Waals surface area contributed by atoms with Crippen molar-refractivity contribution in [2.24, 2.45) is 0 Å². The summed E-state index contributed by atoms with van der Waals surface area (Å²) in [5.74, 6) is -0.136. The first kappa shape index (κ1) is 11.7. The number of nitrogens with one attached hydrogen (secondary N) is 1. The summed E-state index contributed by atoms with van der Waals surface area (Å²) in [6.45, 7) is 0.559. The van der Waals surface area contributed by atoms with Crippen molar-refractivity contribution in [1.29, 1.82) is 0 Å². The molecule has 96 valence electrons. The second-order valence-electron chi connectivity index (χ2n) is 4.53. The van der Waals surface area contributed by atoms with E-state index in [0.29, 0.717) is 12.2 Å². The molecule has 2 heterocycles. The zero-order chi connectivity index (χ0) is 13.1.